The summed E-state index contributed by atoms with van der Waals surface area (Å²) in [5, 5.41) is 16.6. The van der Waals surface area contributed by atoms with Crippen LogP contribution in [-0.2, 0) is 9.53 Å². The minimum Gasteiger partial charge on any atom is -0.381 e. The summed E-state index contributed by atoms with van der Waals surface area (Å²) in [6, 6.07) is 0.180. The van der Waals surface area contributed by atoms with Crippen LogP contribution in [0.2, 0.25) is 0 Å². The summed E-state index contributed by atoms with van der Waals surface area (Å²) in [4.78, 5) is 17.1. The molecule has 33 heavy (non-hydrogen) atoms. The fourth-order valence-corrected chi connectivity index (χ4v) is 5.18. The Balaban J connectivity index is 1.22. The third-order valence-corrected chi connectivity index (χ3v) is 7.02. The highest BCUT2D eigenvalue weighted by atomic mass is 35.5. The van der Waals surface area contributed by atoms with Gasteiger partial charge < -0.3 is 31.3 Å². The van der Waals surface area contributed by atoms with Gasteiger partial charge in [0.05, 0.1) is 11.6 Å². The molecule has 5 N–H and O–H groups in total. The molecule has 2 fully saturated rings. The van der Waals surface area contributed by atoms with Gasteiger partial charge in [-0.2, -0.15) is 0 Å². The number of nitrogens with zero attached hydrogens (tertiary/aromatic N) is 1. The molecule has 0 bridgehead atoms. The molecule has 5 rings (SSSR count). The van der Waals surface area contributed by atoms with Crippen molar-refractivity contribution in [1.29, 1.82) is 0 Å². The van der Waals surface area contributed by atoms with Crippen LogP contribution in [0.3, 0.4) is 0 Å². The summed E-state index contributed by atoms with van der Waals surface area (Å²) >= 11 is 6.15. The van der Waals surface area contributed by atoms with Crippen LogP contribution >= 0.6 is 11.6 Å². The summed E-state index contributed by atoms with van der Waals surface area (Å²) in [5.74, 6) is 0.966. The van der Waals surface area contributed by atoms with E-state index in [9.17, 15) is 9.18 Å². The number of ether oxygens (including phenoxy) is 1. The van der Waals surface area contributed by atoms with Crippen LogP contribution in [-0.4, -0.2) is 50.1 Å². The standard InChI is InChI=1S/C23H30ClFN6O2/c24-14-8-17-18(11-27-20(17)26-10-14)21-28-12-19(25)22(31-21)29-15-2-1-3-16(9-15)30-23(32)13-4-6-33-7-5-13/h8,10-11,13,15-16,20,26,28-29,31H,1-7,9,12H2,(H,30,32)/t15-,16+,20?/m0/s1. The van der Waals surface area contributed by atoms with Crippen molar-refractivity contribution in [3.05, 3.63) is 45.9 Å². The number of halogens is 2. The number of dihydropyridines is 1. The SMILES string of the molecule is O=C(N[C@@H]1CCC[C@H](NC2=C(F)CNC(=C3C=NC4NC=C(Cl)C=C34)N2)C1)C1CCOCC1. The van der Waals surface area contributed by atoms with Gasteiger partial charge >= 0.3 is 0 Å². The van der Waals surface area contributed by atoms with E-state index >= 15 is 0 Å². The Morgan fingerprint density at radius 1 is 1.21 bits per heavy atom. The normalized spacial score (nSPS) is 32.1. The number of aliphatic imine (C=N–C) groups is 1. The summed E-state index contributed by atoms with van der Waals surface area (Å²) in [6.07, 6.45) is 10.4. The Hall–Kier alpha value is -2.52. The highest BCUT2D eigenvalue weighted by Gasteiger charge is 2.31. The van der Waals surface area contributed by atoms with Crippen molar-refractivity contribution in [2.75, 3.05) is 19.8 Å². The molecule has 0 aromatic carbocycles. The summed E-state index contributed by atoms with van der Waals surface area (Å²) in [5.41, 5.74) is 1.79. The van der Waals surface area contributed by atoms with Crippen LogP contribution in [0, 0.1) is 5.92 Å². The average molecular weight is 477 g/mol. The van der Waals surface area contributed by atoms with Gasteiger partial charge in [0.15, 0.2) is 5.83 Å². The quantitative estimate of drug-likeness (QED) is 0.425. The number of allylic oxidation sites excluding steroid dienone is 2. The Morgan fingerprint density at radius 3 is 2.88 bits per heavy atom. The van der Waals surface area contributed by atoms with E-state index < -0.39 is 0 Å². The van der Waals surface area contributed by atoms with Crippen LogP contribution in [0.15, 0.2) is 50.9 Å². The molecule has 0 aromatic heterocycles. The average Bonchev–Trinajstić information content (AvgIpc) is 3.24. The first-order valence-corrected chi connectivity index (χ1v) is 12.1. The van der Waals surface area contributed by atoms with Gasteiger partial charge in [-0.15, -0.1) is 0 Å². The number of carbonyl (C=O) groups excluding carboxylic acids is 1. The van der Waals surface area contributed by atoms with Crippen LogP contribution in [0.1, 0.15) is 38.5 Å². The number of nitrogens with one attached hydrogen (secondary N) is 5. The molecule has 1 saturated carbocycles. The van der Waals surface area contributed by atoms with Crippen molar-refractivity contribution in [3.8, 4) is 0 Å². The maximum atomic E-state index is 14.7. The van der Waals surface area contributed by atoms with Gasteiger partial charge in [-0.1, -0.05) is 11.6 Å². The molecule has 3 atom stereocenters. The summed E-state index contributed by atoms with van der Waals surface area (Å²) < 4.78 is 20.1. The first-order valence-electron chi connectivity index (χ1n) is 11.7. The lowest BCUT2D eigenvalue weighted by molar-refractivity contribution is -0.128. The Bertz CT molecular complexity index is 953. The number of fused-ring (bicyclic) bond motifs is 1. The molecule has 0 aromatic rings. The summed E-state index contributed by atoms with van der Waals surface area (Å²) in [7, 11) is 0. The van der Waals surface area contributed by atoms with Crippen molar-refractivity contribution < 1.29 is 13.9 Å². The van der Waals surface area contributed by atoms with Crippen molar-refractivity contribution in [3.63, 3.8) is 0 Å². The van der Waals surface area contributed by atoms with E-state index in [4.69, 9.17) is 16.3 Å². The highest BCUT2D eigenvalue weighted by Crippen LogP contribution is 2.29. The first-order chi connectivity index (χ1) is 16.1. The Kier molecular flexibility index (Phi) is 6.59. The molecule has 1 aliphatic carbocycles. The van der Waals surface area contributed by atoms with E-state index in [1.807, 2.05) is 6.08 Å². The van der Waals surface area contributed by atoms with Crippen molar-refractivity contribution in [1.82, 2.24) is 26.6 Å². The lowest BCUT2D eigenvalue weighted by atomic mass is 9.90. The van der Waals surface area contributed by atoms with Gasteiger partial charge in [-0.25, -0.2) is 4.39 Å². The number of hydrogen-bond acceptors (Lipinski definition) is 7. The van der Waals surface area contributed by atoms with E-state index in [2.05, 4.69) is 31.6 Å². The molecule has 0 spiro atoms. The van der Waals surface area contributed by atoms with Gasteiger partial charge in [0, 0.05) is 54.8 Å². The van der Waals surface area contributed by atoms with E-state index in [1.54, 1.807) is 12.4 Å². The molecule has 1 saturated heterocycles. The maximum Gasteiger partial charge on any atom is 0.223 e. The molecular formula is C23H30ClFN6O2. The zero-order valence-corrected chi connectivity index (χ0v) is 19.2. The van der Waals surface area contributed by atoms with Gasteiger partial charge in [-0.3, -0.25) is 9.79 Å². The second-order valence-electron chi connectivity index (χ2n) is 9.12. The second-order valence-corrected chi connectivity index (χ2v) is 9.56. The van der Waals surface area contributed by atoms with E-state index in [0.717, 1.165) is 49.7 Å². The maximum absolute atomic E-state index is 14.7. The van der Waals surface area contributed by atoms with Gasteiger partial charge in [0.2, 0.25) is 5.91 Å². The lowest BCUT2D eigenvalue weighted by Gasteiger charge is -2.34. The molecule has 8 nitrogen and oxygen atoms in total. The van der Waals surface area contributed by atoms with Crippen LogP contribution < -0.4 is 26.6 Å². The molecule has 4 heterocycles. The molecular weight excluding hydrogens is 447 g/mol. The number of hydrogen-bond donors (Lipinski definition) is 5. The molecule has 4 aliphatic heterocycles. The predicted molar refractivity (Wildman–Crippen MR) is 125 cm³/mol. The molecule has 1 amide bonds. The van der Waals surface area contributed by atoms with Crippen LogP contribution in [0.4, 0.5) is 4.39 Å². The predicted octanol–water partition coefficient (Wildman–Crippen LogP) is 1.99. The molecule has 0 radical (unpaired) electrons. The number of carbonyl (C=O) groups is 1. The fourth-order valence-electron chi connectivity index (χ4n) is 5.00. The summed E-state index contributed by atoms with van der Waals surface area (Å²) in [6.45, 7) is 1.39. The molecule has 10 heteroatoms. The third-order valence-electron chi connectivity index (χ3n) is 6.80. The lowest BCUT2D eigenvalue weighted by Crippen LogP contribution is -2.49. The van der Waals surface area contributed by atoms with Crippen LogP contribution in [0.25, 0.3) is 0 Å². The van der Waals surface area contributed by atoms with E-state index in [1.165, 1.54) is 0 Å². The monoisotopic (exact) mass is 476 g/mol. The smallest absolute Gasteiger partial charge is 0.223 e. The zero-order chi connectivity index (χ0) is 22.8. The van der Waals surface area contributed by atoms with Gasteiger partial charge in [0.1, 0.15) is 17.8 Å². The largest absolute Gasteiger partial charge is 0.381 e. The van der Waals surface area contributed by atoms with Gasteiger partial charge in [-0.05, 0) is 44.6 Å². The van der Waals surface area contributed by atoms with Crippen molar-refractivity contribution in [2.24, 2.45) is 10.9 Å². The van der Waals surface area contributed by atoms with E-state index in [0.29, 0.717) is 29.9 Å². The fraction of sp³-hybridized carbons (Fsp3) is 0.565. The minimum atomic E-state index is -0.270. The number of rotatable bonds is 4. The second kappa shape index (κ2) is 9.77. The number of amides is 1. The van der Waals surface area contributed by atoms with Crippen LogP contribution in [0.5, 0.6) is 0 Å². The Morgan fingerprint density at radius 2 is 2.03 bits per heavy atom. The molecule has 5 aliphatic rings. The molecule has 178 valence electrons. The van der Waals surface area contributed by atoms with E-state index in [-0.39, 0.29) is 42.4 Å². The Labute approximate surface area is 197 Å². The van der Waals surface area contributed by atoms with Crippen molar-refractivity contribution in [2.45, 2.75) is 56.8 Å². The topological polar surface area (TPSA) is 98.8 Å². The molecule has 1 unspecified atom stereocenters. The minimum absolute atomic E-state index is 0.0383. The first kappa shape index (κ1) is 22.3. The third kappa shape index (κ3) is 5.04. The zero-order valence-electron chi connectivity index (χ0n) is 18.4. The van der Waals surface area contributed by atoms with Crippen molar-refractivity contribution >= 4 is 23.7 Å². The van der Waals surface area contributed by atoms with Gasteiger partial charge in [0.25, 0.3) is 0 Å². The highest BCUT2D eigenvalue weighted by molar-refractivity contribution is 6.31.